The van der Waals surface area contributed by atoms with E-state index >= 15 is 0 Å². The van der Waals surface area contributed by atoms with Crippen molar-refractivity contribution >= 4 is 17.5 Å². The number of amides is 1. The molecule has 1 fully saturated rings. The number of aromatic nitrogens is 1. The van der Waals surface area contributed by atoms with Gasteiger partial charge in [0.2, 0.25) is 11.1 Å². The third kappa shape index (κ3) is 3.03. The summed E-state index contributed by atoms with van der Waals surface area (Å²) in [7, 11) is 0. The van der Waals surface area contributed by atoms with Gasteiger partial charge in [0.1, 0.15) is 0 Å². The highest BCUT2D eigenvalue weighted by Crippen LogP contribution is 2.21. The Bertz CT molecular complexity index is 413. The first-order valence-corrected chi connectivity index (χ1v) is 6.59. The third-order valence-electron chi connectivity index (χ3n) is 3.34. The van der Waals surface area contributed by atoms with Crippen molar-refractivity contribution in [1.82, 2.24) is 10.1 Å². The summed E-state index contributed by atoms with van der Waals surface area (Å²) < 4.78 is 4.86. The zero-order valence-electron chi connectivity index (χ0n) is 10.5. The maximum absolute atomic E-state index is 12.0. The van der Waals surface area contributed by atoms with Crippen molar-refractivity contribution in [1.29, 1.82) is 0 Å². The Morgan fingerprint density at radius 2 is 2.44 bits per heavy atom. The fraction of sp³-hybridized carbons (Fsp3) is 0.667. The van der Waals surface area contributed by atoms with Gasteiger partial charge in [-0.05, 0) is 37.8 Å². The molecule has 0 radical (unpaired) electrons. The van der Waals surface area contributed by atoms with Gasteiger partial charge in [-0.1, -0.05) is 5.16 Å². The molecule has 1 aliphatic rings. The van der Waals surface area contributed by atoms with Crippen LogP contribution in [0.5, 0.6) is 0 Å². The summed E-state index contributed by atoms with van der Waals surface area (Å²) in [5, 5.41) is 4.05. The number of carbonyl (C=O) groups excluding carboxylic acids is 1. The van der Waals surface area contributed by atoms with Crippen molar-refractivity contribution in [2.24, 2.45) is 5.73 Å². The van der Waals surface area contributed by atoms with E-state index < -0.39 is 0 Å². The smallest absolute Gasteiger partial charge is 0.229 e. The minimum absolute atomic E-state index is 0.114. The Kier molecular flexibility index (Phi) is 4.24. The van der Waals surface area contributed by atoms with Gasteiger partial charge >= 0.3 is 0 Å². The van der Waals surface area contributed by atoms with Gasteiger partial charge in [-0.15, -0.1) is 0 Å². The van der Waals surface area contributed by atoms with E-state index in [-0.39, 0.29) is 17.2 Å². The van der Waals surface area contributed by atoms with E-state index in [0.717, 1.165) is 30.6 Å². The zero-order valence-corrected chi connectivity index (χ0v) is 11.2. The molecule has 1 saturated heterocycles. The number of hydrogen-bond acceptors (Lipinski definition) is 4. The minimum atomic E-state index is 0.114. The molecule has 6 heteroatoms. The van der Waals surface area contributed by atoms with E-state index in [0.29, 0.717) is 19.4 Å². The number of nitrogens with two attached hydrogens (primary N) is 1. The fourth-order valence-electron chi connectivity index (χ4n) is 2.27. The average Bonchev–Trinajstić information content (AvgIpc) is 2.66. The first kappa shape index (κ1) is 13.4. The molecule has 100 valence electrons. The lowest BCUT2D eigenvalue weighted by Crippen LogP contribution is -2.45. The summed E-state index contributed by atoms with van der Waals surface area (Å²) in [4.78, 5) is 13.9. The molecule has 1 aliphatic heterocycles. The fourth-order valence-corrected chi connectivity index (χ4v) is 2.53. The molecule has 0 bridgehead atoms. The highest BCUT2D eigenvalue weighted by atomic mass is 35.5. The van der Waals surface area contributed by atoms with Crippen LogP contribution in [0.25, 0.3) is 0 Å². The second-order valence-electron chi connectivity index (χ2n) is 4.76. The summed E-state index contributed by atoms with van der Waals surface area (Å²) in [6.07, 6.45) is 2.98. The SMILES string of the molecule is Cc1noc(Cl)c1CCC(=O)N1CCCC(N)C1. The molecular weight excluding hydrogens is 254 g/mol. The Morgan fingerprint density at radius 1 is 1.67 bits per heavy atom. The van der Waals surface area contributed by atoms with E-state index in [1.54, 1.807) is 0 Å². The third-order valence-corrected chi connectivity index (χ3v) is 3.63. The average molecular weight is 272 g/mol. The minimum Gasteiger partial charge on any atom is -0.344 e. The Morgan fingerprint density at radius 3 is 3.06 bits per heavy atom. The number of nitrogens with zero attached hydrogens (tertiary/aromatic N) is 2. The van der Waals surface area contributed by atoms with Crippen molar-refractivity contribution in [3.05, 3.63) is 16.5 Å². The van der Waals surface area contributed by atoms with Gasteiger partial charge in [-0.3, -0.25) is 4.79 Å². The van der Waals surface area contributed by atoms with Crippen LogP contribution in [0.4, 0.5) is 0 Å². The number of carbonyl (C=O) groups is 1. The lowest BCUT2D eigenvalue weighted by atomic mass is 10.1. The molecule has 1 amide bonds. The molecule has 2 heterocycles. The molecule has 0 aliphatic carbocycles. The highest BCUT2D eigenvalue weighted by Gasteiger charge is 2.21. The molecule has 1 aromatic heterocycles. The monoisotopic (exact) mass is 271 g/mol. The molecule has 5 nitrogen and oxygen atoms in total. The van der Waals surface area contributed by atoms with Crippen LogP contribution in [-0.2, 0) is 11.2 Å². The van der Waals surface area contributed by atoms with Crippen molar-refractivity contribution < 1.29 is 9.32 Å². The standard InChI is InChI=1S/C12H18ClN3O2/c1-8-10(12(13)18-15-8)4-5-11(17)16-6-2-3-9(14)7-16/h9H,2-7,14H2,1H3. The Balaban J connectivity index is 1.88. The second kappa shape index (κ2) is 5.71. The van der Waals surface area contributed by atoms with Gasteiger partial charge in [-0.2, -0.15) is 0 Å². The number of hydrogen-bond donors (Lipinski definition) is 1. The van der Waals surface area contributed by atoms with Gasteiger partial charge < -0.3 is 15.2 Å². The lowest BCUT2D eigenvalue weighted by molar-refractivity contribution is -0.132. The van der Waals surface area contributed by atoms with E-state index in [2.05, 4.69) is 5.16 Å². The first-order valence-electron chi connectivity index (χ1n) is 6.22. The molecule has 1 aromatic rings. The largest absolute Gasteiger partial charge is 0.344 e. The molecule has 1 atom stereocenters. The van der Waals surface area contributed by atoms with Crippen molar-refractivity contribution in [2.75, 3.05) is 13.1 Å². The van der Waals surface area contributed by atoms with Crippen LogP contribution in [0.3, 0.4) is 0 Å². The van der Waals surface area contributed by atoms with E-state index in [9.17, 15) is 4.79 Å². The number of piperidine rings is 1. The summed E-state index contributed by atoms with van der Waals surface area (Å²) in [5.74, 6) is 0.127. The van der Waals surface area contributed by atoms with Crippen molar-refractivity contribution in [3.63, 3.8) is 0 Å². The van der Waals surface area contributed by atoms with Crippen LogP contribution >= 0.6 is 11.6 Å². The van der Waals surface area contributed by atoms with E-state index in [1.807, 2.05) is 11.8 Å². The number of aryl methyl sites for hydroxylation is 1. The molecule has 0 spiro atoms. The van der Waals surface area contributed by atoms with Crippen LogP contribution < -0.4 is 5.73 Å². The first-order chi connectivity index (χ1) is 8.58. The summed E-state index contributed by atoms with van der Waals surface area (Å²) >= 11 is 5.86. The van der Waals surface area contributed by atoms with Gasteiger partial charge in [0.05, 0.1) is 5.69 Å². The summed E-state index contributed by atoms with van der Waals surface area (Å²) in [6, 6.07) is 0.114. The van der Waals surface area contributed by atoms with Gasteiger partial charge in [0.25, 0.3) is 0 Å². The number of likely N-dealkylation sites (tertiary alicyclic amines) is 1. The van der Waals surface area contributed by atoms with Crippen LogP contribution in [0.15, 0.2) is 4.52 Å². The van der Waals surface area contributed by atoms with Crippen molar-refractivity contribution in [2.45, 2.75) is 38.6 Å². The second-order valence-corrected chi connectivity index (χ2v) is 5.11. The van der Waals surface area contributed by atoms with Gasteiger partial charge in [0.15, 0.2) is 0 Å². The number of halogens is 1. The molecule has 1 unspecified atom stereocenters. The van der Waals surface area contributed by atoms with Crippen LogP contribution in [0.2, 0.25) is 5.22 Å². The van der Waals surface area contributed by atoms with Gasteiger partial charge in [0, 0.05) is 31.1 Å². The van der Waals surface area contributed by atoms with Crippen LogP contribution in [0.1, 0.15) is 30.5 Å². The lowest BCUT2D eigenvalue weighted by Gasteiger charge is -2.30. The van der Waals surface area contributed by atoms with E-state index in [1.165, 1.54) is 0 Å². The normalized spacial score (nSPS) is 20.2. The Hall–Kier alpha value is -1.07. The number of rotatable bonds is 3. The molecule has 18 heavy (non-hydrogen) atoms. The molecular formula is C12H18ClN3O2. The van der Waals surface area contributed by atoms with Crippen LogP contribution in [-0.4, -0.2) is 35.1 Å². The summed E-state index contributed by atoms with van der Waals surface area (Å²) in [5.41, 5.74) is 7.44. The molecule has 0 saturated carbocycles. The maximum Gasteiger partial charge on any atom is 0.229 e. The zero-order chi connectivity index (χ0) is 13.1. The molecule has 0 aromatic carbocycles. The highest BCUT2D eigenvalue weighted by molar-refractivity contribution is 6.29. The predicted octanol–water partition coefficient (Wildman–Crippen LogP) is 1.52. The topological polar surface area (TPSA) is 72.4 Å². The van der Waals surface area contributed by atoms with Crippen LogP contribution in [0, 0.1) is 6.92 Å². The maximum atomic E-state index is 12.0. The quantitative estimate of drug-likeness (QED) is 0.905. The predicted molar refractivity (Wildman–Crippen MR) is 68.4 cm³/mol. The summed E-state index contributed by atoms with van der Waals surface area (Å²) in [6.45, 7) is 3.30. The van der Waals surface area contributed by atoms with Crippen molar-refractivity contribution in [3.8, 4) is 0 Å². The van der Waals surface area contributed by atoms with Gasteiger partial charge in [-0.25, -0.2) is 0 Å². The Labute approximate surface area is 111 Å². The molecule has 2 rings (SSSR count). The molecule has 2 N–H and O–H groups in total. The van der Waals surface area contributed by atoms with E-state index in [4.69, 9.17) is 21.9 Å².